The molecule has 3 N–H and O–H groups in total. The minimum Gasteiger partial charge on any atom is -0.399 e. The highest BCUT2D eigenvalue weighted by atomic mass is 16.1. The summed E-state index contributed by atoms with van der Waals surface area (Å²) in [5, 5.41) is 2.95. The van der Waals surface area contributed by atoms with Crippen molar-refractivity contribution in [2.45, 2.75) is 13.5 Å². The summed E-state index contributed by atoms with van der Waals surface area (Å²) in [4.78, 5) is 14.4. The van der Waals surface area contributed by atoms with Crippen LogP contribution in [-0.4, -0.2) is 30.9 Å². The number of nitrogens with one attached hydrogen (secondary N) is 1. The van der Waals surface area contributed by atoms with Gasteiger partial charge in [0.25, 0.3) is 5.91 Å². The minimum atomic E-state index is -0.0714. The van der Waals surface area contributed by atoms with Crippen LogP contribution < -0.4 is 11.1 Å². The zero-order chi connectivity index (χ0) is 15.9. The SMILES string of the molecule is Cc1ccc(N)cc1C(=O)NCCN(C)Cc1ccccc1. The maximum absolute atomic E-state index is 12.2. The largest absolute Gasteiger partial charge is 0.399 e. The molecule has 0 saturated heterocycles. The molecule has 2 aromatic rings. The number of nitrogens with zero attached hydrogens (tertiary/aromatic N) is 1. The van der Waals surface area contributed by atoms with Gasteiger partial charge in [-0.1, -0.05) is 36.4 Å². The van der Waals surface area contributed by atoms with Gasteiger partial charge in [0.15, 0.2) is 0 Å². The molecule has 0 radical (unpaired) electrons. The van der Waals surface area contributed by atoms with Gasteiger partial charge >= 0.3 is 0 Å². The molecule has 0 unspecified atom stereocenters. The maximum atomic E-state index is 12.2. The van der Waals surface area contributed by atoms with Crippen molar-refractivity contribution in [2.24, 2.45) is 0 Å². The lowest BCUT2D eigenvalue weighted by Crippen LogP contribution is -2.33. The van der Waals surface area contributed by atoms with Crippen molar-refractivity contribution < 1.29 is 4.79 Å². The average molecular weight is 297 g/mol. The Kier molecular flexibility index (Phi) is 5.55. The van der Waals surface area contributed by atoms with Crippen molar-refractivity contribution in [1.82, 2.24) is 10.2 Å². The molecule has 0 spiro atoms. The molecule has 0 saturated carbocycles. The third-order valence-electron chi connectivity index (χ3n) is 3.58. The van der Waals surface area contributed by atoms with Gasteiger partial charge in [-0.3, -0.25) is 4.79 Å². The third-order valence-corrected chi connectivity index (χ3v) is 3.58. The fourth-order valence-corrected chi connectivity index (χ4v) is 2.31. The second-order valence-corrected chi connectivity index (χ2v) is 5.55. The molecule has 1 amide bonds. The average Bonchev–Trinajstić information content (AvgIpc) is 2.50. The van der Waals surface area contributed by atoms with Gasteiger partial charge in [-0.15, -0.1) is 0 Å². The summed E-state index contributed by atoms with van der Waals surface area (Å²) in [5.74, 6) is -0.0714. The fourth-order valence-electron chi connectivity index (χ4n) is 2.31. The number of benzene rings is 2. The molecule has 0 aliphatic carbocycles. The number of aryl methyl sites for hydroxylation is 1. The number of amides is 1. The maximum Gasteiger partial charge on any atom is 0.251 e. The Balaban J connectivity index is 1.80. The number of hydrogen-bond donors (Lipinski definition) is 2. The van der Waals surface area contributed by atoms with Gasteiger partial charge in [0, 0.05) is 30.9 Å². The third kappa shape index (κ3) is 4.60. The summed E-state index contributed by atoms with van der Waals surface area (Å²) in [6, 6.07) is 15.7. The van der Waals surface area contributed by atoms with Crippen LogP contribution in [0.4, 0.5) is 5.69 Å². The van der Waals surface area contributed by atoms with Crippen LogP contribution in [0, 0.1) is 6.92 Å². The topological polar surface area (TPSA) is 58.4 Å². The number of carbonyl (C=O) groups is 1. The van der Waals surface area contributed by atoms with Crippen molar-refractivity contribution in [2.75, 3.05) is 25.9 Å². The Morgan fingerprint density at radius 3 is 2.64 bits per heavy atom. The molecule has 4 heteroatoms. The van der Waals surface area contributed by atoms with Crippen LogP contribution in [0.3, 0.4) is 0 Å². The van der Waals surface area contributed by atoms with Crippen molar-refractivity contribution in [3.63, 3.8) is 0 Å². The van der Waals surface area contributed by atoms with Crippen LogP contribution in [-0.2, 0) is 6.54 Å². The molecule has 0 atom stereocenters. The Morgan fingerprint density at radius 1 is 1.18 bits per heavy atom. The lowest BCUT2D eigenvalue weighted by Gasteiger charge is -2.17. The van der Waals surface area contributed by atoms with Crippen molar-refractivity contribution in [1.29, 1.82) is 0 Å². The van der Waals surface area contributed by atoms with Gasteiger partial charge in [-0.2, -0.15) is 0 Å². The first-order chi connectivity index (χ1) is 10.6. The quantitative estimate of drug-likeness (QED) is 0.805. The summed E-state index contributed by atoms with van der Waals surface area (Å²) in [6.45, 7) is 4.18. The molecule has 0 bridgehead atoms. The van der Waals surface area contributed by atoms with Gasteiger partial charge in [0.2, 0.25) is 0 Å². The highest BCUT2D eigenvalue weighted by Gasteiger charge is 2.09. The van der Waals surface area contributed by atoms with Gasteiger partial charge in [-0.05, 0) is 37.2 Å². The summed E-state index contributed by atoms with van der Waals surface area (Å²) in [5.41, 5.74) is 9.19. The van der Waals surface area contributed by atoms with E-state index in [0.717, 1.165) is 18.7 Å². The van der Waals surface area contributed by atoms with E-state index in [1.807, 2.05) is 38.2 Å². The smallest absolute Gasteiger partial charge is 0.251 e. The van der Waals surface area contributed by atoms with Gasteiger partial charge in [0.05, 0.1) is 0 Å². The minimum absolute atomic E-state index is 0.0714. The fraction of sp³-hybridized carbons (Fsp3) is 0.278. The molecular formula is C18H23N3O. The van der Waals surface area contributed by atoms with E-state index >= 15 is 0 Å². The van der Waals surface area contributed by atoms with E-state index < -0.39 is 0 Å². The van der Waals surface area contributed by atoms with Crippen LogP contribution in [0.2, 0.25) is 0 Å². The number of likely N-dealkylation sites (N-methyl/N-ethyl adjacent to an activating group) is 1. The lowest BCUT2D eigenvalue weighted by atomic mass is 10.1. The lowest BCUT2D eigenvalue weighted by molar-refractivity contribution is 0.0949. The second-order valence-electron chi connectivity index (χ2n) is 5.55. The number of nitrogen functional groups attached to an aromatic ring is 1. The van der Waals surface area contributed by atoms with Crippen LogP contribution in [0.25, 0.3) is 0 Å². The van der Waals surface area contributed by atoms with E-state index in [1.54, 1.807) is 12.1 Å². The van der Waals surface area contributed by atoms with Crippen molar-refractivity contribution in [3.05, 3.63) is 65.2 Å². The first kappa shape index (κ1) is 16.0. The van der Waals surface area contributed by atoms with E-state index in [2.05, 4.69) is 22.3 Å². The van der Waals surface area contributed by atoms with Crippen LogP contribution in [0.5, 0.6) is 0 Å². The Hall–Kier alpha value is -2.33. The van der Waals surface area contributed by atoms with E-state index in [1.165, 1.54) is 5.56 Å². The van der Waals surface area contributed by atoms with Crippen molar-refractivity contribution in [3.8, 4) is 0 Å². The second kappa shape index (κ2) is 7.61. The van der Waals surface area contributed by atoms with Gasteiger partial charge < -0.3 is 16.0 Å². The number of hydrogen-bond acceptors (Lipinski definition) is 3. The molecule has 0 aliphatic heterocycles. The highest BCUT2D eigenvalue weighted by molar-refractivity contribution is 5.96. The summed E-state index contributed by atoms with van der Waals surface area (Å²) in [6.07, 6.45) is 0. The van der Waals surface area contributed by atoms with Crippen molar-refractivity contribution >= 4 is 11.6 Å². The molecule has 0 aliphatic rings. The Labute approximate surface area is 131 Å². The number of anilines is 1. The normalized spacial score (nSPS) is 10.7. The van der Waals surface area contributed by atoms with E-state index in [9.17, 15) is 4.79 Å². The molecule has 0 heterocycles. The summed E-state index contributed by atoms with van der Waals surface area (Å²) in [7, 11) is 2.05. The predicted molar refractivity (Wildman–Crippen MR) is 90.7 cm³/mol. The molecular weight excluding hydrogens is 274 g/mol. The molecule has 22 heavy (non-hydrogen) atoms. The Morgan fingerprint density at radius 2 is 1.91 bits per heavy atom. The standard InChI is InChI=1S/C18H23N3O/c1-14-8-9-16(19)12-17(14)18(22)20-10-11-21(2)13-15-6-4-3-5-7-15/h3-9,12H,10-11,13,19H2,1-2H3,(H,20,22). The molecule has 4 nitrogen and oxygen atoms in total. The first-order valence-corrected chi connectivity index (χ1v) is 7.43. The zero-order valence-corrected chi connectivity index (χ0v) is 13.2. The molecule has 2 rings (SSSR count). The number of rotatable bonds is 6. The van der Waals surface area contributed by atoms with E-state index in [0.29, 0.717) is 17.8 Å². The molecule has 116 valence electrons. The molecule has 0 fully saturated rings. The first-order valence-electron chi connectivity index (χ1n) is 7.43. The monoisotopic (exact) mass is 297 g/mol. The summed E-state index contributed by atoms with van der Waals surface area (Å²) >= 11 is 0. The van der Waals surface area contributed by atoms with Crippen LogP contribution in [0.1, 0.15) is 21.5 Å². The molecule has 0 aromatic heterocycles. The number of nitrogens with two attached hydrogens (primary N) is 1. The zero-order valence-electron chi connectivity index (χ0n) is 13.2. The molecule has 2 aromatic carbocycles. The highest BCUT2D eigenvalue weighted by Crippen LogP contribution is 2.12. The van der Waals surface area contributed by atoms with E-state index in [-0.39, 0.29) is 5.91 Å². The summed E-state index contributed by atoms with van der Waals surface area (Å²) < 4.78 is 0. The van der Waals surface area contributed by atoms with Gasteiger partial charge in [0.1, 0.15) is 0 Å². The van der Waals surface area contributed by atoms with Gasteiger partial charge in [-0.25, -0.2) is 0 Å². The predicted octanol–water partition coefficient (Wildman–Crippen LogP) is 2.44. The number of carbonyl (C=O) groups excluding carboxylic acids is 1. The Bertz CT molecular complexity index is 625. The van der Waals surface area contributed by atoms with Crippen LogP contribution in [0.15, 0.2) is 48.5 Å². The van der Waals surface area contributed by atoms with E-state index in [4.69, 9.17) is 5.73 Å². The van der Waals surface area contributed by atoms with Crippen LogP contribution >= 0.6 is 0 Å².